The standard InChI is InChI=1S/C17H23N3/c1-4-19-17(16-8-9-18-12-20-16)15-7-5-6-14(11-15)10-13(2)3/h5-9,11-13,17,19H,4,10H2,1-3H3. The van der Waals surface area contributed by atoms with Gasteiger partial charge in [-0.1, -0.05) is 45.0 Å². The van der Waals surface area contributed by atoms with Gasteiger partial charge in [0.2, 0.25) is 0 Å². The Balaban J connectivity index is 2.30. The topological polar surface area (TPSA) is 37.8 Å². The second kappa shape index (κ2) is 7.15. The lowest BCUT2D eigenvalue weighted by Crippen LogP contribution is -2.23. The molecule has 0 amide bonds. The maximum absolute atomic E-state index is 4.39. The van der Waals surface area contributed by atoms with Gasteiger partial charge in [-0.25, -0.2) is 9.97 Å². The monoisotopic (exact) mass is 269 g/mol. The summed E-state index contributed by atoms with van der Waals surface area (Å²) in [5.41, 5.74) is 3.67. The molecule has 1 heterocycles. The highest BCUT2D eigenvalue weighted by atomic mass is 14.9. The number of benzene rings is 1. The van der Waals surface area contributed by atoms with Gasteiger partial charge in [-0.2, -0.15) is 0 Å². The minimum absolute atomic E-state index is 0.134. The Bertz CT molecular complexity index is 523. The summed E-state index contributed by atoms with van der Waals surface area (Å²) in [5.74, 6) is 0.668. The Morgan fingerprint density at radius 1 is 1.20 bits per heavy atom. The Labute approximate surface area is 121 Å². The molecule has 20 heavy (non-hydrogen) atoms. The molecule has 1 aromatic carbocycles. The van der Waals surface area contributed by atoms with Crippen LogP contribution in [0.25, 0.3) is 0 Å². The van der Waals surface area contributed by atoms with Crippen LogP contribution >= 0.6 is 0 Å². The van der Waals surface area contributed by atoms with Crippen LogP contribution in [0, 0.1) is 5.92 Å². The summed E-state index contributed by atoms with van der Waals surface area (Å²) in [6.07, 6.45) is 4.51. The summed E-state index contributed by atoms with van der Waals surface area (Å²) in [5, 5.41) is 3.51. The molecule has 0 saturated heterocycles. The maximum Gasteiger partial charge on any atom is 0.115 e. The third-order valence-corrected chi connectivity index (χ3v) is 3.24. The summed E-state index contributed by atoms with van der Waals surface area (Å²) >= 11 is 0. The van der Waals surface area contributed by atoms with E-state index in [-0.39, 0.29) is 6.04 Å². The van der Waals surface area contributed by atoms with Gasteiger partial charge in [-0.05, 0) is 36.1 Å². The SMILES string of the molecule is CCNC(c1cccc(CC(C)C)c1)c1ccncn1. The molecule has 1 atom stereocenters. The van der Waals surface area contributed by atoms with Crippen LogP contribution in [0.15, 0.2) is 42.9 Å². The molecule has 106 valence electrons. The van der Waals surface area contributed by atoms with Gasteiger partial charge in [0.05, 0.1) is 11.7 Å². The van der Waals surface area contributed by atoms with Crippen LogP contribution < -0.4 is 5.32 Å². The van der Waals surface area contributed by atoms with E-state index in [9.17, 15) is 0 Å². The van der Waals surface area contributed by atoms with Crippen molar-refractivity contribution < 1.29 is 0 Å². The number of nitrogens with zero attached hydrogens (tertiary/aromatic N) is 2. The first kappa shape index (κ1) is 14.7. The van der Waals surface area contributed by atoms with Crippen molar-refractivity contribution in [3.63, 3.8) is 0 Å². The van der Waals surface area contributed by atoms with Crippen LogP contribution in [-0.4, -0.2) is 16.5 Å². The van der Waals surface area contributed by atoms with Gasteiger partial charge in [0.15, 0.2) is 0 Å². The fourth-order valence-corrected chi connectivity index (χ4v) is 2.44. The highest BCUT2D eigenvalue weighted by Gasteiger charge is 2.14. The molecule has 0 aliphatic carbocycles. The van der Waals surface area contributed by atoms with E-state index in [4.69, 9.17) is 0 Å². The molecule has 1 N–H and O–H groups in total. The van der Waals surface area contributed by atoms with E-state index < -0.39 is 0 Å². The van der Waals surface area contributed by atoms with E-state index in [1.54, 1.807) is 12.5 Å². The maximum atomic E-state index is 4.39. The molecular formula is C17H23N3. The predicted molar refractivity (Wildman–Crippen MR) is 82.5 cm³/mol. The van der Waals surface area contributed by atoms with Crippen molar-refractivity contribution in [2.75, 3.05) is 6.54 Å². The Morgan fingerprint density at radius 3 is 2.70 bits per heavy atom. The fourth-order valence-electron chi connectivity index (χ4n) is 2.44. The van der Waals surface area contributed by atoms with Gasteiger partial charge in [-0.15, -0.1) is 0 Å². The van der Waals surface area contributed by atoms with Gasteiger partial charge in [0.1, 0.15) is 6.33 Å². The van der Waals surface area contributed by atoms with E-state index in [1.165, 1.54) is 11.1 Å². The largest absolute Gasteiger partial charge is 0.305 e. The van der Waals surface area contributed by atoms with Crippen LogP contribution in [0.2, 0.25) is 0 Å². The van der Waals surface area contributed by atoms with E-state index >= 15 is 0 Å². The van der Waals surface area contributed by atoms with Crippen molar-refractivity contribution in [1.82, 2.24) is 15.3 Å². The van der Waals surface area contributed by atoms with Crippen LogP contribution in [-0.2, 0) is 6.42 Å². The number of nitrogens with one attached hydrogen (secondary N) is 1. The number of hydrogen-bond acceptors (Lipinski definition) is 3. The molecule has 2 rings (SSSR count). The molecule has 1 unspecified atom stereocenters. The smallest absolute Gasteiger partial charge is 0.115 e. The molecule has 0 fully saturated rings. The van der Waals surface area contributed by atoms with Gasteiger partial charge in [0, 0.05) is 6.20 Å². The highest BCUT2D eigenvalue weighted by Crippen LogP contribution is 2.21. The molecule has 3 nitrogen and oxygen atoms in total. The first-order valence-corrected chi connectivity index (χ1v) is 7.28. The van der Waals surface area contributed by atoms with Crippen molar-refractivity contribution in [1.29, 1.82) is 0 Å². The molecular weight excluding hydrogens is 246 g/mol. The average Bonchev–Trinajstić information content (AvgIpc) is 2.45. The van der Waals surface area contributed by atoms with Crippen LogP contribution in [0.1, 0.15) is 43.6 Å². The zero-order valence-electron chi connectivity index (χ0n) is 12.5. The number of hydrogen-bond donors (Lipinski definition) is 1. The molecule has 0 bridgehead atoms. The van der Waals surface area contributed by atoms with Crippen LogP contribution in [0.3, 0.4) is 0 Å². The molecule has 3 heteroatoms. The normalized spacial score (nSPS) is 12.6. The van der Waals surface area contributed by atoms with Crippen molar-refractivity contribution in [2.24, 2.45) is 5.92 Å². The van der Waals surface area contributed by atoms with E-state index in [0.717, 1.165) is 18.7 Å². The van der Waals surface area contributed by atoms with Gasteiger partial charge < -0.3 is 5.32 Å². The molecule has 0 aliphatic heterocycles. The second-order valence-electron chi connectivity index (χ2n) is 5.47. The third kappa shape index (κ3) is 3.87. The highest BCUT2D eigenvalue weighted by molar-refractivity contribution is 5.31. The van der Waals surface area contributed by atoms with E-state index in [1.807, 2.05) is 6.07 Å². The summed E-state index contributed by atoms with van der Waals surface area (Å²) in [6, 6.07) is 10.9. The number of aromatic nitrogens is 2. The molecule has 0 aliphatic rings. The quantitative estimate of drug-likeness (QED) is 0.873. The lowest BCUT2D eigenvalue weighted by Gasteiger charge is -2.18. The van der Waals surface area contributed by atoms with Crippen LogP contribution in [0.4, 0.5) is 0 Å². The van der Waals surface area contributed by atoms with Crippen LogP contribution in [0.5, 0.6) is 0 Å². The predicted octanol–water partition coefficient (Wildman–Crippen LogP) is 3.37. The summed E-state index contributed by atoms with van der Waals surface area (Å²) < 4.78 is 0. The minimum Gasteiger partial charge on any atom is -0.305 e. The minimum atomic E-state index is 0.134. The molecule has 1 aromatic heterocycles. The molecule has 0 saturated carbocycles. The van der Waals surface area contributed by atoms with Gasteiger partial charge in [0.25, 0.3) is 0 Å². The van der Waals surface area contributed by atoms with Crippen molar-refractivity contribution >= 4 is 0 Å². The fraction of sp³-hybridized carbons (Fsp3) is 0.412. The lowest BCUT2D eigenvalue weighted by atomic mass is 9.97. The zero-order valence-corrected chi connectivity index (χ0v) is 12.5. The molecule has 0 spiro atoms. The zero-order chi connectivity index (χ0) is 14.4. The molecule has 2 aromatic rings. The third-order valence-electron chi connectivity index (χ3n) is 3.24. The lowest BCUT2D eigenvalue weighted by molar-refractivity contribution is 0.609. The average molecular weight is 269 g/mol. The van der Waals surface area contributed by atoms with Gasteiger partial charge in [-0.3, -0.25) is 0 Å². The van der Waals surface area contributed by atoms with Crippen molar-refractivity contribution in [3.05, 3.63) is 59.7 Å². The first-order valence-electron chi connectivity index (χ1n) is 7.28. The summed E-state index contributed by atoms with van der Waals surface area (Å²) in [4.78, 5) is 8.39. The van der Waals surface area contributed by atoms with Crippen molar-refractivity contribution in [3.8, 4) is 0 Å². The van der Waals surface area contributed by atoms with E-state index in [2.05, 4.69) is 60.3 Å². The van der Waals surface area contributed by atoms with Gasteiger partial charge >= 0.3 is 0 Å². The Morgan fingerprint density at radius 2 is 2.05 bits per heavy atom. The first-order chi connectivity index (χ1) is 9.70. The summed E-state index contributed by atoms with van der Waals surface area (Å²) in [6.45, 7) is 7.52. The van der Waals surface area contributed by atoms with Crippen molar-refractivity contribution in [2.45, 2.75) is 33.2 Å². The second-order valence-corrected chi connectivity index (χ2v) is 5.47. The Hall–Kier alpha value is -1.74. The Kier molecular flexibility index (Phi) is 5.24. The van der Waals surface area contributed by atoms with E-state index in [0.29, 0.717) is 5.92 Å². The number of rotatable bonds is 6. The summed E-state index contributed by atoms with van der Waals surface area (Å²) in [7, 11) is 0. The molecule has 0 radical (unpaired) electrons.